The predicted molar refractivity (Wildman–Crippen MR) is 121 cm³/mol. The Labute approximate surface area is 195 Å². The molecule has 10 heteroatoms. The van der Waals surface area contributed by atoms with Crippen molar-refractivity contribution in [1.82, 2.24) is 4.98 Å². The molecule has 2 aliphatic heterocycles. The third-order valence-electron chi connectivity index (χ3n) is 5.69. The van der Waals surface area contributed by atoms with Crippen LogP contribution in [0.25, 0.3) is 0 Å². The number of nitrogens with zero attached hydrogens (tertiary/aromatic N) is 1. The highest BCUT2D eigenvalue weighted by Crippen LogP contribution is 2.53. The van der Waals surface area contributed by atoms with Gasteiger partial charge in [0.2, 0.25) is 11.8 Å². The topological polar surface area (TPSA) is 96.5 Å². The molecule has 3 heterocycles. The normalized spacial score (nSPS) is 21.6. The van der Waals surface area contributed by atoms with Crippen LogP contribution in [-0.2, 0) is 14.3 Å². The quantitative estimate of drug-likeness (QED) is 0.450. The van der Waals surface area contributed by atoms with Crippen molar-refractivity contribution in [2.75, 3.05) is 11.5 Å². The Balaban J connectivity index is 1.54. The number of nitrogens with one attached hydrogen (secondary N) is 1. The summed E-state index contributed by atoms with van der Waals surface area (Å²) in [6.45, 7) is 1.94. The zero-order valence-corrected chi connectivity index (χ0v) is 18.9. The molecule has 1 saturated heterocycles. The van der Waals surface area contributed by atoms with Crippen molar-refractivity contribution < 1.29 is 23.5 Å². The van der Waals surface area contributed by atoms with Crippen molar-refractivity contribution in [2.24, 2.45) is 5.92 Å². The van der Waals surface area contributed by atoms with Crippen LogP contribution in [0, 0.1) is 11.7 Å². The lowest BCUT2D eigenvalue weighted by Crippen LogP contribution is -2.32. The largest absolute Gasteiger partial charge is 0.462 e. The fourth-order valence-electron chi connectivity index (χ4n) is 4.26. The summed E-state index contributed by atoms with van der Waals surface area (Å²) in [6.07, 6.45) is 0. The van der Waals surface area contributed by atoms with Gasteiger partial charge in [-0.25, -0.2) is 14.1 Å². The Bertz CT molecular complexity index is 1320. The van der Waals surface area contributed by atoms with E-state index in [1.807, 2.05) is 0 Å². The summed E-state index contributed by atoms with van der Waals surface area (Å²) in [6, 6.07) is 11.8. The third kappa shape index (κ3) is 3.59. The number of carbonyl (C=O) groups is 3. The molecule has 1 fully saturated rings. The number of amides is 2. The number of thiazole rings is 1. The van der Waals surface area contributed by atoms with Gasteiger partial charge in [0.25, 0.3) is 0 Å². The number of anilines is 1. The number of aromatic nitrogens is 1. The second-order valence-corrected chi connectivity index (χ2v) is 9.75. The maximum atomic E-state index is 13.6. The van der Waals surface area contributed by atoms with Gasteiger partial charge >= 0.3 is 10.8 Å². The smallest absolute Gasteiger partial charge is 0.338 e. The lowest BCUT2D eigenvalue weighted by molar-refractivity contribution is -0.122. The highest BCUT2D eigenvalue weighted by atomic mass is 32.2. The van der Waals surface area contributed by atoms with Crippen LogP contribution in [0.5, 0.6) is 0 Å². The van der Waals surface area contributed by atoms with E-state index >= 15 is 0 Å². The molecule has 2 aromatic carbocycles. The number of halogens is 1. The van der Waals surface area contributed by atoms with Crippen LogP contribution >= 0.6 is 23.1 Å². The minimum atomic E-state index is -0.753. The highest BCUT2D eigenvalue weighted by Gasteiger charge is 2.56. The van der Waals surface area contributed by atoms with Crippen molar-refractivity contribution in [1.29, 1.82) is 0 Å². The highest BCUT2D eigenvalue weighted by molar-refractivity contribution is 8.00. The molecule has 1 aromatic heterocycles. The van der Waals surface area contributed by atoms with E-state index in [9.17, 15) is 23.6 Å². The summed E-state index contributed by atoms with van der Waals surface area (Å²) in [7, 11) is 0. The molecule has 2 amide bonds. The fourth-order valence-corrected chi connectivity index (χ4v) is 6.78. The number of esters is 1. The summed E-state index contributed by atoms with van der Waals surface area (Å²) in [4.78, 5) is 55.2. The standard InChI is InChI=1S/C23H17FN2O5S2/c1-2-31-22(29)12-5-9-14(10-6-12)26-20(27)16-15(11-3-7-13(24)8-4-11)17-19(25-23(30)33-17)32-18(16)21(26)28/h3-10,15-16,18H,2H2,1H3,(H,25,30). The Morgan fingerprint density at radius 1 is 1.06 bits per heavy atom. The molecule has 0 bridgehead atoms. The van der Waals surface area contributed by atoms with Gasteiger partial charge in [-0.1, -0.05) is 35.2 Å². The number of aromatic amines is 1. The zero-order chi connectivity index (χ0) is 23.3. The lowest BCUT2D eigenvalue weighted by atomic mass is 9.83. The Morgan fingerprint density at radius 2 is 1.76 bits per heavy atom. The van der Waals surface area contributed by atoms with Gasteiger partial charge in [0, 0.05) is 10.8 Å². The van der Waals surface area contributed by atoms with Gasteiger partial charge in [0.15, 0.2) is 0 Å². The average Bonchev–Trinajstić information content (AvgIpc) is 3.29. The molecular formula is C23H17FN2O5S2. The predicted octanol–water partition coefficient (Wildman–Crippen LogP) is 3.55. The number of benzene rings is 2. The van der Waals surface area contributed by atoms with E-state index in [1.165, 1.54) is 48.2 Å². The molecule has 33 heavy (non-hydrogen) atoms. The molecule has 1 N–H and O–H groups in total. The number of rotatable bonds is 4. The van der Waals surface area contributed by atoms with E-state index in [1.54, 1.807) is 19.1 Å². The number of thioether (sulfide) groups is 1. The first kappa shape index (κ1) is 21.6. The van der Waals surface area contributed by atoms with Crippen molar-refractivity contribution in [3.05, 3.63) is 80.0 Å². The van der Waals surface area contributed by atoms with Crippen LogP contribution in [0.2, 0.25) is 0 Å². The Kier molecular flexibility index (Phi) is 5.41. The van der Waals surface area contributed by atoms with Gasteiger partial charge in [-0.2, -0.15) is 0 Å². The van der Waals surface area contributed by atoms with E-state index < -0.39 is 40.7 Å². The van der Waals surface area contributed by atoms with E-state index in [0.717, 1.165) is 16.2 Å². The SMILES string of the molecule is CCOC(=O)c1ccc(N2C(=O)C3Sc4[nH]c(=O)sc4C(c4ccc(F)cc4)C3C2=O)cc1. The van der Waals surface area contributed by atoms with Crippen LogP contribution in [0.15, 0.2) is 58.4 Å². The van der Waals surface area contributed by atoms with Gasteiger partial charge in [0.1, 0.15) is 11.1 Å². The molecule has 3 aromatic rings. The molecule has 0 radical (unpaired) electrons. The number of fused-ring (bicyclic) bond motifs is 2. The van der Waals surface area contributed by atoms with Crippen LogP contribution in [0.1, 0.15) is 33.6 Å². The fraction of sp³-hybridized carbons (Fsp3) is 0.217. The van der Waals surface area contributed by atoms with Crippen LogP contribution in [-0.4, -0.2) is 34.6 Å². The molecule has 0 aliphatic carbocycles. The second-order valence-electron chi connectivity index (χ2n) is 7.58. The van der Waals surface area contributed by atoms with Gasteiger partial charge in [-0.3, -0.25) is 14.4 Å². The Hall–Kier alpha value is -3.24. The molecular weight excluding hydrogens is 467 g/mol. The van der Waals surface area contributed by atoms with Crippen LogP contribution < -0.4 is 9.77 Å². The maximum Gasteiger partial charge on any atom is 0.338 e. The van der Waals surface area contributed by atoms with Gasteiger partial charge in [-0.05, 0) is 48.9 Å². The van der Waals surface area contributed by atoms with Crippen molar-refractivity contribution >= 4 is 46.6 Å². The van der Waals surface area contributed by atoms with Gasteiger partial charge in [-0.15, -0.1) is 0 Å². The first-order valence-corrected chi connectivity index (χ1v) is 11.9. The number of ether oxygens (including phenoxy) is 1. The van der Waals surface area contributed by atoms with Crippen LogP contribution in [0.4, 0.5) is 10.1 Å². The van der Waals surface area contributed by atoms with E-state index in [4.69, 9.17) is 4.74 Å². The molecule has 2 aliphatic rings. The molecule has 3 unspecified atom stereocenters. The summed E-state index contributed by atoms with van der Waals surface area (Å²) in [5.74, 6) is -3.02. The average molecular weight is 485 g/mol. The summed E-state index contributed by atoms with van der Waals surface area (Å²) >= 11 is 2.17. The number of hydrogen-bond donors (Lipinski definition) is 1. The monoisotopic (exact) mass is 484 g/mol. The lowest BCUT2D eigenvalue weighted by Gasteiger charge is -2.29. The number of imide groups is 1. The third-order valence-corrected chi connectivity index (χ3v) is 8.09. The first-order valence-electron chi connectivity index (χ1n) is 10.2. The van der Waals surface area contributed by atoms with E-state index in [2.05, 4.69) is 4.98 Å². The zero-order valence-electron chi connectivity index (χ0n) is 17.2. The van der Waals surface area contributed by atoms with Crippen LogP contribution in [0.3, 0.4) is 0 Å². The molecule has 0 saturated carbocycles. The number of H-pyrrole nitrogens is 1. The maximum absolute atomic E-state index is 13.6. The molecule has 7 nitrogen and oxygen atoms in total. The van der Waals surface area contributed by atoms with Gasteiger partial charge < -0.3 is 9.72 Å². The summed E-state index contributed by atoms with van der Waals surface area (Å²) in [5.41, 5.74) is 1.32. The number of carbonyl (C=O) groups excluding carboxylic acids is 3. The minimum absolute atomic E-state index is 0.237. The first-order chi connectivity index (χ1) is 15.9. The minimum Gasteiger partial charge on any atom is -0.462 e. The number of hydrogen-bond acceptors (Lipinski definition) is 7. The van der Waals surface area contributed by atoms with E-state index in [-0.39, 0.29) is 11.5 Å². The van der Waals surface area contributed by atoms with E-state index in [0.29, 0.717) is 26.7 Å². The molecule has 168 valence electrons. The molecule has 3 atom stereocenters. The van der Waals surface area contributed by atoms with Gasteiger partial charge in [0.05, 0.1) is 28.8 Å². The molecule has 0 spiro atoms. The molecule has 5 rings (SSSR count). The summed E-state index contributed by atoms with van der Waals surface area (Å²) < 4.78 is 18.5. The van der Waals surface area contributed by atoms with Crippen molar-refractivity contribution in [2.45, 2.75) is 23.1 Å². The summed E-state index contributed by atoms with van der Waals surface area (Å²) in [5, 5.41) is -0.184. The second kappa shape index (κ2) is 8.27. The van der Waals surface area contributed by atoms with Crippen molar-refractivity contribution in [3.8, 4) is 0 Å². The Morgan fingerprint density at radius 3 is 2.42 bits per heavy atom. The van der Waals surface area contributed by atoms with Crippen molar-refractivity contribution in [3.63, 3.8) is 0 Å².